The first-order valence-corrected chi connectivity index (χ1v) is 8.57. The van der Waals surface area contributed by atoms with Gasteiger partial charge < -0.3 is 15.5 Å². The van der Waals surface area contributed by atoms with Gasteiger partial charge in [0.25, 0.3) is 5.91 Å². The van der Waals surface area contributed by atoms with Gasteiger partial charge in [0.2, 0.25) is 0 Å². The van der Waals surface area contributed by atoms with Crippen molar-refractivity contribution < 1.29 is 4.79 Å². The summed E-state index contributed by atoms with van der Waals surface area (Å²) in [7, 11) is 1.80. The molecule has 0 aliphatic carbocycles. The highest BCUT2D eigenvalue weighted by Crippen LogP contribution is 2.25. The number of aromatic nitrogens is 1. The number of benzene rings is 1. The minimum absolute atomic E-state index is 0.135. The maximum Gasteiger partial charge on any atom is 0.260 e. The standard InChI is InChI=1S/C17H24N4OS/c1-6-21(11(2)3)14-9-7-13(8-10-14)19-16(22)15-12(4)20-23-17(15)18-5/h7-11,18H,6H2,1-5H3,(H,19,22). The maximum atomic E-state index is 12.5. The van der Waals surface area contributed by atoms with Crippen molar-refractivity contribution >= 4 is 33.8 Å². The van der Waals surface area contributed by atoms with Crippen LogP contribution in [0.5, 0.6) is 0 Å². The number of hydrogen-bond acceptors (Lipinski definition) is 5. The molecular weight excluding hydrogens is 308 g/mol. The van der Waals surface area contributed by atoms with Crippen LogP contribution in [0.1, 0.15) is 36.8 Å². The van der Waals surface area contributed by atoms with E-state index in [4.69, 9.17) is 0 Å². The summed E-state index contributed by atoms with van der Waals surface area (Å²) in [6.07, 6.45) is 0. The molecule has 0 radical (unpaired) electrons. The molecule has 0 atom stereocenters. The normalized spacial score (nSPS) is 10.7. The van der Waals surface area contributed by atoms with Crippen LogP contribution in [-0.4, -0.2) is 29.9 Å². The van der Waals surface area contributed by atoms with Crippen LogP contribution >= 0.6 is 11.5 Å². The maximum absolute atomic E-state index is 12.5. The van der Waals surface area contributed by atoms with Gasteiger partial charge in [-0.25, -0.2) is 0 Å². The van der Waals surface area contributed by atoms with Gasteiger partial charge in [-0.2, -0.15) is 4.37 Å². The molecule has 5 nitrogen and oxygen atoms in total. The number of rotatable bonds is 6. The zero-order chi connectivity index (χ0) is 17.0. The molecule has 0 bridgehead atoms. The highest BCUT2D eigenvalue weighted by molar-refractivity contribution is 7.10. The summed E-state index contributed by atoms with van der Waals surface area (Å²) < 4.78 is 4.23. The fraction of sp³-hybridized carbons (Fsp3) is 0.412. The molecular formula is C17H24N4OS. The number of nitrogens with one attached hydrogen (secondary N) is 2. The van der Waals surface area contributed by atoms with Crippen molar-refractivity contribution in [1.82, 2.24) is 4.37 Å². The van der Waals surface area contributed by atoms with E-state index in [2.05, 4.69) is 40.7 Å². The van der Waals surface area contributed by atoms with Crippen molar-refractivity contribution in [2.45, 2.75) is 33.7 Å². The van der Waals surface area contributed by atoms with Crippen molar-refractivity contribution in [1.29, 1.82) is 0 Å². The third-order valence-electron chi connectivity index (χ3n) is 3.74. The summed E-state index contributed by atoms with van der Waals surface area (Å²) in [6.45, 7) is 9.28. The molecule has 0 saturated carbocycles. The molecule has 0 aliphatic heterocycles. The van der Waals surface area contributed by atoms with E-state index < -0.39 is 0 Å². The third kappa shape index (κ3) is 3.82. The zero-order valence-corrected chi connectivity index (χ0v) is 15.1. The highest BCUT2D eigenvalue weighted by atomic mass is 32.1. The van der Waals surface area contributed by atoms with Gasteiger partial charge in [0.15, 0.2) is 0 Å². The molecule has 6 heteroatoms. The number of amides is 1. The topological polar surface area (TPSA) is 57.3 Å². The Bertz CT molecular complexity index is 664. The van der Waals surface area contributed by atoms with Crippen molar-refractivity contribution in [3.63, 3.8) is 0 Å². The van der Waals surface area contributed by atoms with Gasteiger partial charge in [0, 0.05) is 31.0 Å². The fourth-order valence-electron chi connectivity index (χ4n) is 2.58. The average Bonchev–Trinajstić information content (AvgIpc) is 2.90. The summed E-state index contributed by atoms with van der Waals surface area (Å²) in [6, 6.07) is 8.39. The van der Waals surface area contributed by atoms with Gasteiger partial charge in [-0.1, -0.05) is 0 Å². The number of nitrogens with zero attached hydrogens (tertiary/aromatic N) is 2. The largest absolute Gasteiger partial charge is 0.378 e. The number of hydrogen-bond donors (Lipinski definition) is 2. The van der Waals surface area contributed by atoms with Crippen LogP contribution in [0.15, 0.2) is 24.3 Å². The van der Waals surface area contributed by atoms with E-state index in [0.29, 0.717) is 11.6 Å². The van der Waals surface area contributed by atoms with Crippen LogP contribution in [-0.2, 0) is 0 Å². The van der Waals surface area contributed by atoms with Crippen LogP contribution in [0.25, 0.3) is 0 Å². The molecule has 2 N–H and O–H groups in total. The summed E-state index contributed by atoms with van der Waals surface area (Å²) in [4.78, 5) is 14.8. The Morgan fingerprint density at radius 3 is 2.48 bits per heavy atom. The van der Waals surface area contributed by atoms with E-state index in [-0.39, 0.29) is 5.91 Å². The molecule has 124 valence electrons. The lowest BCUT2D eigenvalue weighted by molar-refractivity contribution is 0.102. The lowest BCUT2D eigenvalue weighted by atomic mass is 10.2. The van der Waals surface area contributed by atoms with Crippen molar-refractivity contribution in [3.8, 4) is 0 Å². The van der Waals surface area contributed by atoms with E-state index >= 15 is 0 Å². The SMILES string of the molecule is CCN(c1ccc(NC(=O)c2c(C)nsc2NC)cc1)C(C)C. The van der Waals surface area contributed by atoms with E-state index in [0.717, 1.165) is 28.6 Å². The van der Waals surface area contributed by atoms with E-state index in [1.165, 1.54) is 11.5 Å². The number of carbonyl (C=O) groups excluding carboxylic acids is 1. The molecule has 2 aromatic rings. The predicted octanol–water partition coefficient (Wildman–Crippen LogP) is 3.98. The minimum Gasteiger partial charge on any atom is -0.378 e. The Balaban J connectivity index is 2.15. The molecule has 1 aromatic carbocycles. The van der Waals surface area contributed by atoms with Gasteiger partial charge in [-0.15, -0.1) is 0 Å². The number of carbonyl (C=O) groups is 1. The second-order valence-corrected chi connectivity index (χ2v) is 6.38. The lowest BCUT2D eigenvalue weighted by Crippen LogP contribution is -2.30. The molecule has 2 rings (SSSR count). The summed E-state index contributed by atoms with van der Waals surface area (Å²) in [5.41, 5.74) is 3.29. The third-order valence-corrected chi connectivity index (χ3v) is 4.69. The number of aryl methyl sites for hydroxylation is 1. The molecule has 1 amide bonds. The van der Waals surface area contributed by atoms with Gasteiger partial charge in [0.1, 0.15) is 5.00 Å². The predicted molar refractivity (Wildman–Crippen MR) is 98.9 cm³/mol. The van der Waals surface area contributed by atoms with Crippen LogP contribution < -0.4 is 15.5 Å². The van der Waals surface area contributed by atoms with E-state index in [9.17, 15) is 4.79 Å². The molecule has 0 fully saturated rings. The van der Waals surface area contributed by atoms with Crippen LogP contribution in [0, 0.1) is 6.92 Å². The minimum atomic E-state index is -0.135. The Morgan fingerprint density at radius 1 is 1.30 bits per heavy atom. The smallest absolute Gasteiger partial charge is 0.260 e. The van der Waals surface area contributed by atoms with Crippen molar-refractivity contribution in [3.05, 3.63) is 35.5 Å². The molecule has 0 saturated heterocycles. The van der Waals surface area contributed by atoms with Crippen LogP contribution in [0.3, 0.4) is 0 Å². The Morgan fingerprint density at radius 2 is 1.96 bits per heavy atom. The average molecular weight is 332 g/mol. The fourth-order valence-corrected chi connectivity index (χ4v) is 3.33. The second-order valence-electron chi connectivity index (χ2n) is 5.60. The molecule has 0 aliphatic rings. The van der Waals surface area contributed by atoms with Gasteiger partial charge in [0.05, 0.1) is 11.3 Å². The van der Waals surface area contributed by atoms with E-state index in [1.54, 1.807) is 7.05 Å². The molecule has 1 aromatic heterocycles. The second kappa shape index (κ2) is 7.46. The van der Waals surface area contributed by atoms with Gasteiger partial charge in [-0.05, 0) is 63.5 Å². The van der Waals surface area contributed by atoms with Gasteiger partial charge >= 0.3 is 0 Å². The summed E-state index contributed by atoms with van der Waals surface area (Å²) in [5.74, 6) is -0.135. The molecule has 1 heterocycles. The molecule has 0 unspecified atom stereocenters. The lowest BCUT2D eigenvalue weighted by Gasteiger charge is -2.27. The van der Waals surface area contributed by atoms with Crippen LogP contribution in [0.4, 0.5) is 16.4 Å². The Hall–Kier alpha value is -2.08. The molecule has 0 spiro atoms. The van der Waals surface area contributed by atoms with Crippen molar-refractivity contribution in [2.24, 2.45) is 0 Å². The first-order chi connectivity index (χ1) is 11.0. The first kappa shape index (κ1) is 17.3. The molecule has 23 heavy (non-hydrogen) atoms. The number of anilines is 3. The van der Waals surface area contributed by atoms with E-state index in [1.807, 2.05) is 31.2 Å². The van der Waals surface area contributed by atoms with Gasteiger partial charge in [-0.3, -0.25) is 4.79 Å². The summed E-state index contributed by atoms with van der Waals surface area (Å²) in [5, 5.41) is 6.74. The van der Waals surface area contributed by atoms with Crippen LogP contribution in [0.2, 0.25) is 0 Å². The highest BCUT2D eigenvalue weighted by Gasteiger charge is 2.18. The first-order valence-electron chi connectivity index (χ1n) is 7.80. The quantitative estimate of drug-likeness (QED) is 0.840. The zero-order valence-electron chi connectivity index (χ0n) is 14.3. The Kier molecular flexibility index (Phi) is 5.60. The van der Waals surface area contributed by atoms with Crippen molar-refractivity contribution in [2.75, 3.05) is 29.1 Å². The Labute approximate surface area is 141 Å². The monoisotopic (exact) mass is 332 g/mol. The summed E-state index contributed by atoms with van der Waals surface area (Å²) >= 11 is 1.30.